The van der Waals surface area contributed by atoms with Crippen molar-refractivity contribution in [2.24, 2.45) is 0 Å². The second kappa shape index (κ2) is 6.29. The first kappa shape index (κ1) is 15.9. The summed E-state index contributed by atoms with van der Waals surface area (Å²) in [5.41, 5.74) is 1.52. The van der Waals surface area contributed by atoms with Crippen LogP contribution in [0.1, 0.15) is 10.8 Å². The monoisotopic (exact) mass is 394 g/mol. The molecule has 3 aromatic rings. The third-order valence-electron chi connectivity index (χ3n) is 3.53. The van der Waals surface area contributed by atoms with Crippen LogP contribution in [-0.4, -0.2) is 35.8 Å². The molecule has 1 atom stereocenters. The molecule has 2 heterocycles. The minimum atomic E-state index is -3.26. The Balaban J connectivity index is 1.91. The van der Waals surface area contributed by atoms with Gasteiger partial charge in [-0.3, -0.25) is 0 Å². The van der Waals surface area contributed by atoms with Crippen molar-refractivity contribution in [2.45, 2.75) is 5.25 Å². The number of benzene rings is 1. The van der Waals surface area contributed by atoms with Gasteiger partial charge in [0.05, 0.1) is 10.7 Å². The Bertz CT molecular complexity index is 925. The van der Waals surface area contributed by atoms with E-state index >= 15 is 0 Å². The first-order valence-electron chi connectivity index (χ1n) is 6.92. The summed E-state index contributed by atoms with van der Waals surface area (Å²) in [5, 5.41) is 6.68. The maximum absolute atomic E-state index is 12.1. The van der Waals surface area contributed by atoms with Crippen molar-refractivity contribution in [3.8, 4) is 0 Å². The van der Waals surface area contributed by atoms with Gasteiger partial charge in [-0.25, -0.2) is 17.9 Å². The number of fused-ring (bicyclic) bond motifs is 1. The van der Waals surface area contributed by atoms with Crippen LogP contribution >= 0.6 is 15.9 Å². The van der Waals surface area contributed by atoms with Crippen LogP contribution in [0, 0.1) is 0 Å². The second-order valence-electron chi connectivity index (χ2n) is 5.17. The number of rotatable bonds is 5. The summed E-state index contributed by atoms with van der Waals surface area (Å²) in [6.07, 6.45) is 6.27. The Morgan fingerprint density at radius 1 is 1.30 bits per heavy atom. The molecule has 0 aliphatic carbocycles. The fourth-order valence-electron chi connectivity index (χ4n) is 2.41. The lowest BCUT2D eigenvalue weighted by Crippen LogP contribution is -2.21. The molecule has 0 radical (unpaired) electrons. The van der Waals surface area contributed by atoms with Crippen molar-refractivity contribution in [1.82, 2.24) is 14.6 Å². The van der Waals surface area contributed by atoms with Gasteiger partial charge in [-0.15, -0.1) is 0 Å². The van der Waals surface area contributed by atoms with E-state index in [1.807, 2.05) is 30.3 Å². The van der Waals surface area contributed by atoms with Gasteiger partial charge >= 0.3 is 0 Å². The van der Waals surface area contributed by atoms with Crippen LogP contribution in [0.3, 0.4) is 0 Å². The maximum atomic E-state index is 12.1. The molecule has 1 N–H and O–H groups in total. The fourth-order valence-corrected chi connectivity index (χ4v) is 3.91. The van der Waals surface area contributed by atoms with E-state index in [9.17, 15) is 8.42 Å². The number of sulfone groups is 1. The summed E-state index contributed by atoms with van der Waals surface area (Å²) < 4.78 is 26.8. The molecule has 23 heavy (non-hydrogen) atoms. The highest BCUT2D eigenvalue weighted by Crippen LogP contribution is 2.26. The predicted octanol–water partition coefficient (Wildman–Crippen LogP) is 2.69. The summed E-state index contributed by atoms with van der Waals surface area (Å²) in [4.78, 5) is 4.29. The molecule has 8 heteroatoms. The molecule has 0 fully saturated rings. The molecule has 0 spiro atoms. The Kier molecular flexibility index (Phi) is 4.36. The molecular weight excluding hydrogens is 380 g/mol. The topological polar surface area (TPSA) is 76.4 Å². The smallest absolute Gasteiger partial charge is 0.156 e. The number of hydrogen-bond acceptors (Lipinski definition) is 5. The molecule has 120 valence electrons. The average Bonchev–Trinajstić information content (AvgIpc) is 2.90. The van der Waals surface area contributed by atoms with Crippen molar-refractivity contribution in [3.63, 3.8) is 0 Å². The van der Waals surface area contributed by atoms with Gasteiger partial charge in [0.2, 0.25) is 0 Å². The van der Waals surface area contributed by atoms with Crippen LogP contribution in [-0.2, 0) is 9.84 Å². The molecule has 3 rings (SSSR count). The SMILES string of the molecule is CS(=O)(=O)C(CNc1nccn2ncc(Br)c12)c1ccccc1. The molecule has 2 aromatic heterocycles. The zero-order valence-electron chi connectivity index (χ0n) is 12.3. The summed E-state index contributed by atoms with van der Waals surface area (Å²) in [7, 11) is -3.26. The van der Waals surface area contributed by atoms with Gasteiger partial charge in [0.25, 0.3) is 0 Å². The highest BCUT2D eigenvalue weighted by atomic mass is 79.9. The van der Waals surface area contributed by atoms with Gasteiger partial charge in [-0.1, -0.05) is 30.3 Å². The van der Waals surface area contributed by atoms with E-state index in [0.29, 0.717) is 5.82 Å². The van der Waals surface area contributed by atoms with Gasteiger partial charge in [-0.05, 0) is 21.5 Å². The molecule has 6 nitrogen and oxygen atoms in total. The number of nitrogens with one attached hydrogen (secondary N) is 1. The Hall–Kier alpha value is -1.93. The van der Waals surface area contributed by atoms with E-state index in [2.05, 4.69) is 31.3 Å². The van der Waals surface area contributed by atoms with E-state index in [-0.39, 0.29) is 6.54 Å². The van der Waals surface area contributed by atoms with Crippen LogP contribution in [0.2, 0.25) is 0 Å². The highest BCUT2D eigenvalue weighted by molar-refractivity contribution is 9.10. The Morgan fingerprint density at radius 3 is 2.74 bits per heavy atom. The van der Waals surface area contributed by atoms with Gasteiger partial charge in [0, 0.05) is 25.2 Å². The van der Waals surface area contributed by atoms with Crippen molar-refractivity contribution in [3.05, 3.63) is 59.0 Å². The maximum Gasteiger partial charge on any atom is 0.156 e. The van der Waals surface area contributed by atoms with Crippen molar-refractivity contribution in [1.29, 1.82) is 0 Å². The summed E-state index contributed by atoms with van der Waals surface area (Å²) in [5.74, 6) is 0.585. The van der Waals surface area contributed by atoms with E-state index in [1.165, 1.54) is 6.26 Å². The van der Waals surface area contributed by atoms with Gasteiger partial charge in [0.15, 0.2) is 15.7 Å². The predicted molar refractivity (Wildman–Crippen MR) is 93.2 cm³/mol. The largest absolute Gasteiger partial charge is 0.367 e. The number of halogens is 1. The zero-order valence-corrected chi connectivity index (χ0v) is 14.8. The number of aromatic nitrogens is 3. The molecule has 0 saturated heterocycles. The second-order valence-corrected chi connectivity index (χ2v) is 8.25. The van der Waals surface area contributed by atoms with Crippen LogP contribution in [0.25, 0.3) is 5.52 Å². The average molecular weight is 395 g/mol. The number of nitrogens with zero attached hydrogens (tertiary/aromatic N) is 3. The van der Waals surface area contributed by atoms with Crippen molar-refractivity contribution < 1.29 is 8.42 Å². The van der Waals surface area contributed by atoms with Crippen molar-refractivity contribution >= 4 is 37.1 Å². The first-order chi connectivity index (χ1) is 11.0. The number of hydrogen-bond donors (Lipinski definition) is 1. The lowest BCUT2D eigenvalue weighted by atomic mass is 10.1. The molecule has 0 amide bonds. The van der Waals surface area contributed by atoms with Crippen LogP contribution in [0.15, 0.2) is 53.4 Å². The normalized spacial score (nSPS) is 13.1. The minimum absolute atomic E-state index is 0.229. The molecule has 0 aliphatic heterocycles. The number of anilines is 1. The third-order valence-corrected chi connectivity index (χ3v) is 5.58. The van der Waals surface area contributed by atoms with Crippen LogP contribution in [0.4, 0.5) is 5.82 Å². The minimum Gasteiger partial charge on any atom is -0.367 e. The lowest BCUT2D eigenvalue weighted by Gasteiger charge is -2.17. The first-order valence-corrected chi connectivity index (χ1v) is 9.67. The Morgan fingerprint density at radius 2 is 2.04 bits per heavy atom. The molecule has 0 bridgehead atoms. The standard InChI is InChI=1S/C15H15BrN4O2S/c1-23(21,22)13(11-5-3-2-4-6-11)10-18-15-14-12(16)9-19-20(14)8-7-17-15/h2-9,13H,10H2,1H3,(H,17,18). The van der Waals surface area contributed by atoms with E-state index in [1.54, 1.807) is 23.1 Å². The molecular formula is C15H15BrN4O2S. The Labute approximate surface area is 142 Å². The van der Waals surface area contributed by atoms with E-state index in [4.69, 9.17) is 0 Å². The molecule has 0 aliphatic rings. The van der Waals surface area contributed by atoms with Gasteiger partial charge < -0.3 is 5.32 Å². The summed E-state index contributed by atoms with van der Waals surface area (Å²) in [6.45, 7) is 0.229. The third kappa shape index (κ3) is 3.37. The van der Waals surface area contributed by atoms with Crippen molar-refractivity contribution in [2.75, 3.05) is 18.1 Å². The van der Waals surface area contributed by atoms with Crippen LogP contribution < -0.4 is 5.32 Å². The molecule has 0 saturated carbocycles. The summed E-state index contributed by atoms with van der Waals surface area (Å²) in [6, 6.07) is 9.16. The lowest BCUT2D eigenvalue weighted by molar-refractivity contribution is 0.590. The van der Waals surface area contributed by atoms with Gasteiger partial charge in [-0.2, -0.15) is 5.10 Å². The molecule has 1 unspecified atom stereocenters. The van der Waals surface area contributed by atoms with Gasteiger partial charge in [0.1, 0.15) is 10.8 Å². The highest BCUT2D eigenvalue weighted by Gasteiger charge is 2.23. The van der Waals surface area contributed by atoms with E-state index < -0.39 is 15.1 Å². The van der Waals surface area contributed by atoms with E-state index in [0.717, 1.165) is 15.6 Å². The molecule has 1 aromatic carbocycles. The summed E-state index contributed by atoms with van der Waals surface area (Å²) >= 11 is 3.43. The zero-order chi connectivity index (χ0) is 16.4. The van der Waals surface area contributed by atoms with Crippen LogP contribution in [0.5, 0.6) is 0 Å². The quantitative estimate of drug-likeness (QED) is 0.719. The fraction of sp³-hybridized carbons (Fsp3) is 0.200.